The molecule has 0 saturated carbocycles. The van der Waals surface area contributed by atoms with Crippen LogP contribution in [0.15, 0.2) is 28.8 Å². The number of hydrogen-bond donors (Lipinski definition) is 1. The molecule has 1 aromatic heterocycles. The predicted molar refractivity (Wildman–Crippen MR) is 95.3 cm³/mol. The van der Waals surface area contributed by atoms with Crippen molar-refractivity contribution in [2.45, 2.75) is 45.2 Å². The molecule has 1 amide bonds. The van der Waals surface area contributed by atoms with Crippen molar-refractivity contribution >= 4 is 17.5 Å². The van der Waals surface area contributed by atoms with Crippen LogP contribution in [0.25, 0.3) is 0 Å². The summed E-state index contributed by atoms with van der Waals surface area (Å²) in [7, 11) is 0. The van der Waals surface area contributed by atoms with Crippen LogP contribution in [0.5, 0.6) is 0 Å². The fraction of sp³-hybridized carbons (Fsp3) is 0.500. The van der Waals surface area contributed by atoms with Crippen LogP contribution in [0.2, 0.25) is 5.02 Å². The van der Waals surface area contributed by atoms with Crippen LogP contribution in [-0.4, -0.2) is 40.1 Å². The molecule has 134 valence electrons. The Kier molecular flexibility index (Phi) is 5.71. The molecule has 1 N–H and O–H groups in total. The van der Waals surface area contributed by atoms with Gasteiger partial charge in [-0.05, 0) is 51.4 Å². The van der Waals surface area contributed by atoms with Gasteiger partial charge in [0.25, 0.3) is 0 Å². The van der Waals surface area contributed by atoms with E-state index in [4.69, 9.17) is 16.1 Å². The first-order valence-corrected chi connectivity index (χ1v) is 8.97. The van der Waals surface area contributed by atoms with Crippen LogP contribution in [0.3, 0.4) is 0 Å². The van der Waals surface area contributed by atoms with Gasteiger partial charge in [0, 0.05) is 17.5 Å². The third kappa shape index (κ3) is 4.38. The van der Waals surface area contributed by atoms with Crippen molar-refractivity contribution < 1.29 is 9.32 Å². The Balaban J connectivity index is 1.49. The van der Waals surface area contributed by atoms with Crippen molar-refractivity contribution in [1.82, 2.24) is 20.4 Å². The summed E-state index contributed by atoms with van der Waals surface area (Å²) in [6, 6.07) is 7.38. The number of likely N-dealkylation sites (tertiary alicyclic amines) is 1. The zero-order valence-electron chi connectivity index (χ0n) is 14.5. The molecule has 0 spiro atoms. The summed E-state index contributed by atoms with van der Waals surface area (Å²) in [5, 5.41) is 7.51. The first-order chi connectivity index (χ1) is 12.0. The lowest BCUT2D eigenvalue weighted by Crippen LogP contribution is -2.47. The smallest absolute Gasteiger partial charge is 0.237 e. The van der Waals surface area contributed by atoms with E-state index in [0.717, 1.165) is 31.5 Å². The van der Waals surface area contributed by atoms with Crippen molar-refractivity contribution in [2.24, 2.45) is 0 Å². The molecule has 1 aliphatic heterocycles. The standard InChI is InChI=1S/C18H23ClN4O2/c1-12(17(24)20-11-15-5-3-4-6-16(15)19)23-9-7-14(8-10-23)18-21-13(2)22-25-18/h3-6,12,14H,7-11H2,1-2H3,(H,20,24). The first kappa shape index (κ1) is 17.9. The number of carbonyl (C=O) groups is 1. The van der Waals surface area contributed by atoms with Gasteiger partial charge < -0.3 is 9.84 Å². The molecule has 25 heavy (non-hydrogen) atoms. The number of amides is 1. The lowest BCUT2D eigenvalue weighted by atomic mass is 9.95. The monoisotopic (exact) mass is 362 g/mol. The maximum atomic E-state index is 12.4. The summed E-state index contributed by atoms with van der Waals surface area (Å²) < 4.78 is 5.27. The summed E-state index contributed by atoms with van der Waals surface area (Å²) >= 11 is 6.13. The number of nitrogens with one attached hydrogen (secondary N) is 1. The average Bonchev–Trinajstić information content (AvgIpc) is 3.07. The van der Waals surface area contributed by atoms with Crippen LogP contribution in [0.1, 0.15) is 43.0 Å². The van der Waals surface area contributed by atoms with Gasteiger partial charge in [-0.15, -0.1) is 0 Å². The average molecular weight is 363 g/mol. The van der Waals surface area contributed by atoms with E-state index < -0.39 is 0 Å². The highest BCUT2D eigenvalue weighted by atomic mass is 35.5. The maximum Gasteiger partial charge on any atom is 0.237 e. The van der Waals surface area contributed by atoms with Crippen LogP contribution in [0.4, 0.5) is 0 Å². The topological polar surface area (TPSA) is 71.3 Å². The molecule has 1 fully saturated rings. The van der Waals surface area contributed by atoms with Crippen molar-refractivity contribution in [2.75, 3.05) is 13.1 Å². The zero-order chi connectivity index (χ0) is 17.8. The van der Waals surface area contributed by atoms with Crippen molar-refractivity contribution in [3.63, 3.8) is 0 Å². The van der Waals surface area contributed by atoms with Gasteiger partial charge in [0.05, 0.1) is 6.04 Å². The van der Waals surface area contributed by atoms with Gasteiger partial charge in [0.15, 0.2) is 5.82 Å². The molecule has 0 bridgehead atoms. The number of aromatic nitrogens is 2. The van der Waals surface area contributed by atoms with Gasteiger partial charge in [-0.3, -0.25) is 9.69 Å². The molecule has 2 aromatic rings. The molecule has 7 heteroatoms. The van der Waals surface area contributed by atoms with Crippen molar-refractivity contribution in [3.05, 3.63) is 46.6 Å². The van der Waals surface area contributed by atoms with E-state index >= 15 is 0 Å². The van der Waals surface area contributed by atoms with Gasteiger partial charge >= 0.3 is 0 Å². The number of benzene rings is 1. The number of carbonyl (C=O) groups excluding carboxylic acids is 1. The molecule has 2 heterocycles. The third-order valence-corrected chi connectivity index (χ3v) is 5.13. The number of aryl methyl sites for hydroxylation is 1. The van der Waals surface area contributed by atoms with E-state index in [0.29, 0.717) is 23.3 Å². The van der Waals surface area contributed by atoms with Crippen LogP contribution < -0.4 is 5.32 Å². The first-order valence-electron chi connectivity index (χ1n) is 8.60. The number of nitrogens with zero attached hydrogens (tertiary/aromatic N) is 3. The quantitative estimate of drug-likeness (QED) is 0.885. The van der Waals surface area contributed by atoms with Crippen molar-refractivity contribution in [3.8, 4) is 0 Å². The molecular weight excluding hydrogens is 340 g/mol. The SMILES string of the molecule is Cc1noc(C2CCN(C(C)C(=O)NCc3ccccc3Cl)CC2)n1. The molecule has 0 radical (unpaired) electrons. The second-order valence-electron chi connectivity index (χ2n) is 6.48. The highest BCUT2D eigenvalue weighted by molar-refractivity contribution is 6.31. The van der Waals surface area contributed by atoms with E-state index in [-0.39, 0.29) is 17.9 Å². The Bertz CT molecular complexity index is 725. The van der Waals surface area contributed by atoms with Gasteiger partial charge in [-0.1, -0.05) is 35.0 Å². The molecule has 0 aliphatic carbocycles. The minimum absolute atomic E-state index is 0.0204. The largest absolute Gasteiger partial charge is 0.351 e. The Labute approximate surface area is 152 Å². The fourth-order valence-electron chi connectivity index (χ4n) is 3.15. The molecule has 1 aliphatic rings. The highest BCUT2D eigenvalue weighted by Crippen LogP contribution is 2.27. The summed E-state index contributed by atoms with van der Waals surface area (Å²) in [6.07, 6.45) is 1.84. The van der Waals surface area contributed by atoms with Gasteiger partial charge in [-0.25, -0.2) is 0 Å². The minimum atomic E-state index is -0.173. The summed E-state index contributed by atoms with van der Waals surface area (Å²) in [5.41, 5.74) is 0.926. The highest BCUT2D eigenvalue weighted by Gasteiger charge is 2.29. The predicted octanol–water partition coefficient (Wildman–Crippen LogP) is 2.92. The number of piperidine rings is 1. The maximum absolute atomic E-state index is 12.4. The van der Waals surface area contributed by atoms with E-state index in [1.165, 1.54) is 0 Å². The fourth-order valence-corrected chi connectivity index (χ4v) is 3.35. The number of halogens is 1. The Morgan fingerprint density at radius 2 is 2.12 bits per heavy atom. The Hall–Kier alpha value is -1.92. The molecule has 1 saturated heterocycles. The van der Waals surface area contributed by atoms with Crippen LogP contribution >= 0.6 is 11.6 Å². The third-order valence-electron chi connectivity index (χ3n) is 4.76. The Morgan fingerprint density at radius 1 is 1.40 bits per heavy atom. The number of rotatable bonds is 5. The molecule has 6 nitrogen and oxygen atoms in total. The van der Waals surface area contributed by atoms with Gasteiger partial charge in [0.1, 0.15) is 0 Å². The zero-order valence-corrected chi connectivity index (χ0v) is 15.3. The van der Waals surface area contributed by atoms with E-state index in [1.807, 2.05) is 38.1 Å². The van der Waals surface area contributed by atoms with Crippen LogP contribution in [0, 0.1) is 6.92 Å². The van der Waals surface area contributed by atoms with E-state index in [2.05, 4.69) is 20.4 Å². The Morgan fingerprint density at radius 3 is 2.76 bits per heavy atom. The van der Waals surface area contributed by atoms with Crippen molar-refractivity contribution in [1.29, 1.82) is 0 Å². The molecule has 1 unspecified atom stereocenters. The van der Waals surface area contributed by atoms with E-state index in [1.54, 1.807) is 0 Å². The number of hydrogen-bond acceptors (Lipinski definition) is 5. The lowest BCUT2D eigenvalue weighted by molar-refractivity contribution is -0.126. The molecule has 1 atom stereocenters. The van der Waals surface area contributed by atoms with Crippen LogP contribution in [-0.2, 0) is 11.3 Å². The second-order valence-corrected chi connectivity index (χ2v) is 6.88. The molecule has 1 aromatic carbocycles. The molecular formula is C18H23ClN4O2. The summed E-state index contributed by atoms with van der Waals surface area (Å²) in [4.78, 5) is 19.0. The molecule has 3 rings (SSSR count). The van der Waals surface area contributed by atoms with Gasteiger partial charge in [-0.2, -0.15) is 4.98 Å². The normalized spacial score (nSPS) is 17.4. The summed E-state index contributed by atoms with van der Waals surface area (Å²) in [6.45, 7) is 5.90. The summed E-state index contributed by atoms with van der Waals surface area (Å²) in [5.74, 6) is 1.69. The second kappa shape index (κ2) is 7.97. The minimum Gasteiger partial charge on any atom is -0.351 e. The van der Waals surface area contributed by atoms with Gasteiger partial charge in [0.2, 0.25) is 11.8 Å². The van der Waals surface area contributed by atoms with E-state index in [9.17, 15) is 4.79 Å². The lowest BCUT2D eigenvalue weighted by Gasteiger charge is -2.34.